The number of carbonyl (C=O) groups is 1. The molecule has 0 saturated heterocycles. The first-order valence-corrected chi connectivity index (χ1v) is 7.76. The summed E-state index contributed by atoms with van der Waals surface area (Å²) in [4.78, 5) is 12.0. The third kappa shape index (κ3) is 4.21. The lowest BCUT2D eigenvalue weighted by Crippen LogP contribution is -2.42. The quantitative estimate of drug-likeness (QED) is 0.783. The molecule has 5 heteroatoms. The molecule has 1 aromatic rings. The zero-order valence-electron chi connectivity index (χ0n) is 13.6. The first-order chi connectivity index (χ1) is 10.2. The fourth-order valence-corrected chi connectivity index (χ4v) is 2.83. The summed E-state index contributed by atoms with van der Waals surface area (Å²) < 4.78 is 5.30. The molecule has 0 atom stereocenters. The molecule has 0 spiro atoms. The Morgan fingerprint density at radius 3 is 2.50 bits per heavy atom. The second kappa shape index (κ2) is 6.26. The molecule has 1 saturated carbocycles. The average molecular weight is 306 g/mol. The van der Waals surface area contributed by atoms with Crippen LogP contribution in [0.3, 0.4) is 0 Å². The van der Waals surface area contributed by atoms with E-state index in [0.717, 1.165) is 5.56 Å². The van der Waals surface area contributed by atoms with Crippen molar-refractivity contribution in [3.63, 3.8) is 0 Å². The third-order valence-electron chi connectivity index (χ3n) is 3.95. The van der Waals surface area contributed by atoms with Crippen molar-refractivity contribution < 1.29 is 14.6 Å². The predicted molar refractivity (Wildman–Crippen MR) is 86.6 cm³/mol. The van der Waals surface area contributed by atoms with Gasteiger partial charge in [0.05, 0.1) is 6.10 Å². The van der Waals surface area contributed by atoms with Gasteiger partial charge in [0.15, 0.2) is 0 Å². The molecule has 0 aromatic heterocycles. The van der Waals surface area contributed by atoms with Gasteiger partial charge in [-0.15, -0.1) is 0 Å². The average Bonchev–Trinajstić information content (AvgIpc) is 2.41. The van der Waals surface area contributed by atoms with E-state index in [0.29, 0.717) is 31.4 Å². The van der Waals surface area contributed by atoms with Crippen LogP contribution in [0, 0.1) is 0 Å². The molecule has 0 radical (unpaired) electrons. The van der Waals surface area contributed by atoms with E-state index in [1.807, 2.05) is 45.0 Å². The first-order valence-electron chi connectivity index (χ1n) is 7.76. The predicted octanol–water partition coefficient (Wildman–Crippen LogP) is 3.12. The Kier molecular flexibility index (Phi) is 4.78. The highest BCUT2D eigenvalue weighted by Crippen LogP contribution is 2.38. The van der Waals surface area contributed by atoms with Crippen LogP contribution < -0.4 is 11.1 Å². The summed E-state index contributed by atoms with van der Waals surface area (Å²) in [6.07, 6.45) is 1.98. The fourth-order valence-electron chi connectivity index (χ4n) is 2.83. The molecule has 2 rings (SSSR count). The van der Waals surface area contributed by atoms with Gasteiger partial charge < -0.3 is 15.6 Å². The van der Waals surface area contributed by atoms with Gasteiger partial charge in [-0.2, -0.15) is 0 Å². The minimum atomic E-state index is -0.547. The van der Waals surface area contributed by atoms with Crippen LogP contribution in [-0.4, -0.2) is 22.9 Å². The van der Waals surface area contributed by atoms with Crippen molar-refractivity contribution in [1.82, 2.24) is 0 Å². The van der Waals surface area contributed by atoms with Crippen LogP contribution in [0.5, 0.6) is 0 Å². The summed E-state index contributed by atoms with van der Waals surface area (Å²) >= 11 is 0. The van der Waals surface area contributed by atoms with Crippen molar-refractivity contribution in [2.24, 2.45) is 5.73 Å². The number of benzene rings is 1. The number of aliphatic hydroxyl groups is 1. The number of hydrogen-bond donors (Lipinski definition) is 3. The fraction of sp³-hybridized carbons (Fsp3) is 0.588. The van der Waals surface area contributed by atoms with Crippen LogP contribution in [0.1, 0.15) is 52.0 Å². The Bertz CT molecular complexity index is 529. The standard InChI is InChI=1S/C17H26N2O3/c1-16(2,3)22-15(21)19-14-7-5-4-6-13(14)17(18)10-8-12(20)9-11-17/h4-7,12,20H,8-11,18H2,1-3H3,(H,19,21). The van der Waals surface area contributed by atoms with Gasteiger partial charge in [-0.1, -0.05) is 18.2 Å². The number of nitrogens with two attached hydrogens (primary N) is 1. The van der Waals surface area contributed by atoms with Gasteiger partial charge in [0.25, 0.3) is 0 Å². The molecule has 5 nitrogen and oxygen atoms in total. The lowest BCUT2D eigenvalue weighted by molar-refractivity contribution is 0.0634. The van der Waals surface area contributed by atoms with E-state index in [-0.39, 0.29) is 6.10 Å². The van der Waals surface area contributed by atoms with Crippen molar-refractivity contribution in [1.29, 1.82) is 0 Å². The van der Waals surface area contributed by atoms with Crippen LogP contribution in [-0.2, 0) is 10.3 Å². The summed E-state index contributed by atoms with van der Waals surface area (Å²) in [5, 5.41) is 12.5. The summed E-state index contributed by atoms with van der Waals surface area (Å²) in [5.74, 6) is 0. The van der Waals surface area contributed by atoms with E-state index in [1.54, 1.807) is 0 Å². The SMILES string of the molecule is CC(C)(C)OC(=O)Nc1ccccc1C1(N)CCC(O)CC1. The molecule has 1 fully saturated rings. The molecule has 4 N–H and O–H groups in total. The van der Waals surface area contributed by atoms with Crippen LogP contribution in [0.2, 0.25) is 0 Å². The molecule has 0 unspecified atom stereocenters. The van der Waals surface area contributed by atoms with Gasteiger partial charge in [0.2, 0.25) is 0 Å². The number of hydrogen-bond acceptors (Lipinski definition) is 4. The van der Waals surface area contributed by atoms with Crippen LogP contribution in [0.25, 0.3) is 0 Å². The van der Waals surface area contributed by atoms with E-state index in [4.69, 9.17) is 10.5 Å². The topological polar surface area (TPSA) is 84.6 Å². The molecule has 122 valence electrons. The summed E-state index contributed by atoms with van der Waals surface area (Å²) in [5.41, 5.74) is 7.05. The molecule has 1 aliphatic carbocycles. The highest BCUT2D eigenvalue weighted by Gasteiger charge is 2.34. The van der Waals surface area contributed by atoms with Gasteiger partial charge in [-0.25, -0.2) is 4.79 Å². The largest absolute Gasteiger partial charge is 0.444 e. The lowest BCUT2D eigenvalue weighted by Gasteiger charge is -2.37. The minimum absolute atomic E-state index is 0.275. The molecule has 1 aromatic carbocycles. The molecule has 0 aliphatic heterocycles. The number of aliphatic hydroxyl groups excluding tert-OH is 1. The second-order valence-electron chi connectivity index (χ2n) is 7.06. The number of carbonyl (C=O) groups excluding carboxylic acids is 1. The maximum absolute atomic E-state index is 12.0. The zero-order chi connectivity index (χ0) is 16.4. The monoisotopic (exact) mass is 306 g/mol. The van der Waals surface area contributed by atoms with Crippen LogP contribution in [0.4, 0.5) is 10.5 Å². The minimum Gasteiger partial charge on any atom is -0.444 e. The normalized spacial score (nSPS) is 25.6. The van der Waals surface area contributed by atoms with Crippen LogP contribution in [0.15, 0.2) is 24.3 Å². The Morgan fingerprint density at radius 1 is 1.32 bits per heavy atom. The number of anilines is 1. The Morgan fingerprint density at radius 2 is 1.91 bits per heavy atom. The molecular formula is C17H26N2O3. The number of amides is 1. The zero-order valence-corrected chi connectivity index (χ0v) is 13.6. The Hall–Kier alpha value is -1.59. The molecule has 0 bridgehead atoms. The van der Waals surface area contributed by atoms with Crippen molar-refractivity contribution >= 4 is 11.8 Å². The van der Waals surface area contributed by atoms with Gasteiger partial charge >= 0.3 is 6.09 Å². The van der Waals surface area contributed by atoms with E-state index >= 15 is 0 Å². The van der Waals surface area contributed by atoms with E-state index in [2.05, 4.69) is 5.32 Å². The van der Waals surface area contributed by atoms with Gasteiger partial charge in [-0.05, 0) is 58.1 Å². The van der Waals surface area contributed by atoms with Crippen molar-refractivity contribution in [3.05, 3.63) is 29.8 Å². The highest BCUT2D eigenvalue weighted by molar-refractivity contribution is 5.86. The molecule has 22 heavy (non-hydrogen) atoms. The maximum Gasteiger partial charge on any atom is 0.412 e. The van der Waals surface area contributed by atoms with E-state index in [9.17, 15) is 9.90 Å². The molecule has 0 heterocycles. The maximum atomic E-state index is 12.0. The Labute approximate surface area is 131 Å². The molecule has 1 amide bonds. The van der Waals surface area contributed by atoms with Gasteiger partial charge in [0.1, 0.15) is 5.60 Å². The summed E-state index contributed by atoms with van der Waals surface area (Å²) in [6.45, 7) is 5.47. The van der Waals surface area contributed by atoms with Crippen molar-refractivity contribution in [2.75, 3.05) is 5.32 Å². The number of ether oxygens (including phenoxy) is 1. The van der Waals surface area contributed by atoms with E-state index in [1.165, 1.54) is 0 Å². The van der Waals surface area contributed by atoms with E-state index < -0.39 is 17.2 Å². The van der Waals surface area contributed by atoms with Gasteiger partial charge in [0, 0.05) is 11.2 Å². The Balaban J connectivity index is 2.18. The molecule has 1 aliphatic rings. The van der Waals surface area contributed by atoms with Crippen molar-refractivity contribution in [3.8, 4) is 0 Å². The smallest absolute Gasteiger partial charge is 0.412 e. The van der Waals surface area contributed by atoms with Gasteiger partial charge in [-0.3, -0.25) is 5.32 Å². The lowest BCUT2D eigenvalue weighted by atomic mass is 9.76. The summed E-state index contributed by atoms with van der Waals surface area (Å²) in [7, 11) is 0. The van der Waals surface area contributed by atoms with Crippen molar-refractivity contribution in [2.45, 2.75) is 63.7 Å². The number of rotatable bonds is 2. The van der Waals surface area contributed by atoms with Crippen LogP contribution >= 0.6 is 0 Å². The summed E-state index contributed by atoms with van der Waals surface area (Å²) in [6, 6.07) is 7.54. The first kappa shape index (κ1) is 16.8. The molecular weight excluding hydrogens is 280 g/mol. The number of para-hydroxylation sites is 1. The third-order valence-corrected chi connectivity index (χ3v) is 3.95. The second-order valence-corrected chi connectivity index (χ2v) is 7.06. The number of nitrogens with one attached hydrogen (secondary N) is 1. The highest BCUT2D eigenvalue weighted by atomic mass is 16.6.